The summed E-state index contributed by atoms with van der Waals surface area (Å²) in [5, 5.41) is -0.398. The summed E-state index contributed by atoms with van der Waals surface area (Å²) in [6, 6.07) is 21.7. The van der Waals surface area contributed by atoms with Gasteiger partial charge in [-0.2, -0.15) is 13.4 Å². The van der Waals surface area contributed by atoms with E-state index in [1.807, 2.05) is 0 Å². The highest BCUT2D eigenvalue weighted by molar-refractivity contribution is 7.92. The van der Waals surface area contributed by atoms with Gasteiger partial charge in [0.1, 0.15) is 5.75 Å². The quantitative estimate of drug-likeness (QED) is 0.399. The lowest BCUT2D eigenvalue weighted by molar-refractivity contribution is -0.274. The summed E-state index contributed by atoms with van der Waals surface area (Å²) in [4.78, 5) is 4.18. The molecule has 0 aliphatic rings. The molecule has 1 N–H and O–H groups in total. The third-order valence-electron chi connectivity index (χ3n) is 4.23. The first kappa shape index (κ1) is 21.4. The van der Waals surface area contributed by atoms with E-state index in [0.717, 1.165) is 12.1 Å². The first-order valence-electron chi connectivity index (χ1n) is 9.21. The van der Waals surface area contributed by atoms with Crippen LogP contribution in [0.25, 0.3) is 22.8 Å². The van der Waals surface area contributed by atoms with E-state index < -0.39 is 27.2 Å². The van der Waals surface area contributed by atoms with Gasteiger partial charge < -0.3 is 9.15 Å². The number of anilines is 1. The van der Waals surface area contributed by atoms with Crippen molar-refractivity contribution in [1.29, 1.82) is 0 Å². The Balaban J connectivity index is 1.75. The molecule has 3 aromatic carbocycles. The summed E-state index contributed by atoms with van der Waals surface area (Å²) in [6.45, 7) is 0. The van der Waals surface area contributed by atoms with Gasteiger partial charge >= 0.3 is 6.36 Å². The average Bonchev–Trinajstić information content (AvgIpc) is 3.20. The second kappa shape index (κ2) is 8.39. The van der Waals surface area contributed by atoms with Gasteiger partial charge in [-0.15, -0.1) is 13.2 Å². The molecule has 0 radical (unpaired) electrons. The topological polar surface area (TPSA) is 81.4 Å². The maximum Gasteiger partial charge on any atom is 0.573 e. The second-order valence-corrected chi connectivity index (χ2v) is 8.16. The largest absolute Gasteiger partial charge is 0.573 e. The summed E-state index contributed by atoms with van der Waals surface area (Å²) in [5.74, 6) is -0.482. The molecule has 4 aromatic rings. The predicted octanol–water partition coefficient (Wildman–Crippen LogP) is 5.71. The maximum atomic E-state index is 13.1. The monoisotopic (exact) mass is 460 g/mol. The lowest BCUT2D eigenvalue weighted by atomic mass is 10.2. The minimum atomic E-state index is -4.91. The van der Waals surface area contributed by atoms with Crippen molar-refractivity contribution in [3.05, 3.63) is 84.9 Å². The van der Waals surface area contributed by atoms with Gasteiger partial charge in [-0.3, -0.25) is 4.72 Å². The Kier molecular flexibility index (Phi) is 5.62. The average molecular weight is 460 g/mol. The molecule has 0 aliphatic carbocycles. The van der Waals surface area contributed by atoms with Crippen LogP contribution < -0.4 is 9.46 Å². The summed E-state index contributed by atoms with van der Waals surface area (Å²) >= 11 is 0. The van der Waals surface area contributed by atoms with Crippen LogP contribution in [0.4, 0.5) is 18.9 Å². The van der Waals surface area contributed by atoms with E-state index in [4.69, 9.17) is 4.42 Å². The molecule has 0 saturated carbocycles. The number of hydrogen-bond donors (Lipinski definition) is 1. The van der Waals surface area contributed by atoms with Gasteiger partial charge in [-0.1, -0.05) is 54.6 Å². The first-order chi connectivity index (χ1) is 15.2. The summed E-state index contributed by atoms with van der Waals surface area (Å²) in [5.41, 5.74) is 0.901. The van der Waals surface area contributed by atoms with Gasteiger partial charge in [-0.05, 0) is 24.3 Å². The van der Waals surface area contributed by atoms with Crippen LogP contribution in [-0.2, 0) is 10.0 Å². The highest BCUT2D eigenvalue weighted by Gasteiger charge is 2.32. The van der Waals surface area contributed by atoms with Gasteiger partial charge in [-0.25, -0.2) is 0 Å². The van der Waals surface area contributed by atoms with Crippen LogP contribution in [0.15, 0.2) is 94.4 Å². The lowest BCUT2D eigenvalue weighted by Crippen LogP contribution is -2.18. The van der Waals surface area contributed by atoms with Gasteiger partial charge in [0.2, 0.25) is 10.9 Å². The number of halogens is 3. The Morgan fingerprint density at radius 3 is 2.09 bits per heavy atom. The SMILES string of the molecule is O=S(=O)(Nc1cccc(OC(F)(F)F)c1)c1nc(-c2ccccc2)oc1-c1ccccc1. The van der Waals surface area contributed by atoms with Crippen LogP contribution in [0.1, 0.15) is 0 Å². The van der Waals surface area contributed by atoms with Crippen LogP contribution in [-0.4, -0.2) is 19.8 Å². The normalized spacial score (nSPS) is 11.8. The second-order valence-electron chi connectivity index (χ2n) is 6.57. The van der Waals surface area contributed by atoms with E-state index in [1.165, 1.54) is 12.1 Å². The van der Waals surface area contributed by atoms with Gasteiger partial charge in [0.25, 0.3) is 10.0 Å². The fraction of sp³-hybridized carbons (Fsp3) is 0.0455. The Morgan fingerprint density at radius 2 is 1.47 bits per heavy atom. The molecule has 0 aliphatic heterocycles. The van der Waals surface area contributed by atoms with Crippen molar-refractivity contribution in [3.8, 4) is 28.5 Å². The molecule has 32 heavy (non-hydrogen) atoms. The zero-order valence-electron chi connectivity index (χ0n) is 16.2. The van der Waals surface area contributed by atoms with E-state index >= 15 is 0 Å². The van der Waals surface area contributed by atoms with E-state index in [9.17, 15) is 21.6 Å². The van der Waals surface area contributed by atoms with Crippen molar-refractivity contribution in [3.63, 3.8) is 0 Å². The van der Waals surface area contributed by atoms with Crippen molar-refractivity contribution in [2.75, 3.05) is 4.72 Å². The molecule has 1 heterocycles. The molecule has 0 amide bonds. The fourth-order valence-electron chi connectivity index (χ4n) is 2.92. The molecule has 0 atom stereocenters. The van der Waals surface area contributed by atoms with Crippen LogP contribution in [0.3, 0.4) is 0 Å². The van der Waals surface area contributed by atoms with Crippen LogP contribution in [0.5, 0.6) is 5.75 Å². The lowest BCUT2D eigenvalue weighted by Gasteiger charge is -2.11. The number of alkyl halides is 3. The van der Waals surface area contributed by atoms with E-state index in [1.54, 1.807) is 60.7 Å². The standard InChI is InChI=1S/C22H15F3N2O4S/c23-22(24,25)31-18-13-7-12-17(14-18)27-32(28,29)21-19(15-8-3-1-4-9-15)30-20(26-21)16-10-5-2-6-11-16/h1-14,27H. The number of nitrogens with one attached hydrogen (secondary N) is 1. The van der Waals surface area contributed by atoms with Gasteiger partial charge in [0.05, 0.1) is 5.69 Å². The Labute approximate surface area is 181 Å². The zero-order valence-corrected chi connectivity index (χ0v) is 17.0. The van der Waals surface area contributed by atoms with Crippen molar-refractivity contribution >= 4 is 15.7 Å². The maximum absolute atomic E-state index is 13.1. The minimum Gasteiger partial charge on any atom is -0.435 e. The molecule has 4 rings (SSSR count). The number of aromatic nitrogens is 1. The number of oxazole rings is 1. The van der Waals surface area contributed by atoms with Crippen LogP contribution in [0.2, 0.25) is 0 Å². The molecule has 1 aromatic heterocycles. The molecule has 10 heteroatoms. The number of sulfonamides is 1. The third-order valence-corrected chi connectivity index (χ3v) is 5.52. The minimum absolute atomic E-state index is 0.000325. The summed E-state index contributed by atoms with van der Waals surface area (Å²) in [6.07, 6.45) is -4.91. The first-order valence-corrected chi connectivity index (χ1v) is 10.7. The predicted molar refractivity (Wildman–Crippen MR) is 111 cm³/mol. The number of benzene rings is 3. The highest BCUT2D eigenvalue weighted by Crippen LogP contribution is 2.34. The van der Waals surface area contributed by atoms with Crippen molar-refractivity contribution in [2.45, 2.75) is 11.4 Å². The van der Waals surface area contributed by atoms with E-state index in [2.05, 4.69) is 14.4 Å². The Morgan fingerprint density at radius 1 is 0.844 bits per heavy atom. The molecule has 0 bridgehead atoms. The zero-order chi connectivity index (χ0) is 22.8. The molecule has 0 saturated heterocycles. The molecule has 0 fully saturated rings. The van der Waals surface area contributed by atoms with Gasteiger partial charge in [0, 0.05) is 17.2 Å². The molecule has 164 valence electrons. The fourth-order valence-corrected chi connectivity index (χ4v) is 4.07. The molecular formula is C22H15F3N2O4S. The summed E-state index contributed by atoms with van der Waals surface area (Å²) < 4.78 is 75.7. The van der Waals surface area contributed by atoms with E-state index in [-0.39, 0.29) is 17.3 Å². The molecule has 6 nitrogen and oxygen atoms in total. The number of rotatable bonds is 6. The molecule has 0 unspecified atom stereocenters. The third kappa shape index (κ3) is 4.92. The van der Waals surface area contributed by atoms with Crippen molar-refractivity contribution in [2.24, 2.45) is 0 Å². The number of ether oxygens (including phenoxy) is 1. The Hall–Kier alpha value is -3.79. The Bertz CT molecular complexity index is 1320. The van der Waals surface area contributed by atoms with Crippen LogP contribution in [0, 0.1) is 0 Å². The smallest absolute Gasteiger partial charge is 0.435 e. The van der Waals surface area contributed by atoms with Crippen LogP contribution >= 0.6 is 0 Å². The van der Waals surface area contributed by atoms with E-state index in [0.29, 0.717) is 11.1 Å². The number of nitrogens with zero attached hydrogens (tertiary/aromatic N) is 1. The highest BCUT2D eigenvalue weighted by atomic mass is 32.2. The van der Waals surface area contributed by atoms with Crippen molar-refractivity contribution in [1.82, 2.24) is 4.98 Å². The van der Waals surface area contributed by atoms with Gasteiger partial charge in [0.15, 0.2) is 5.76 Å². The molecular weight excluding hydrogens is 445 g/mol. The number of hydrogen-bond acceptors (Lipinski definition) is 5. The summed E-state index contributed by atoms with van der Waals surface area (Å²) in [7, 11) is -4.33. The van der Waals surface area contributed by atoms with Crippen molar-refractivity contribution < 1.29 is 30.7 Å². The molecule has 0 spiro atoms.